The molecule has 2 heterocycles. The minimum absolute atomic E-state index is 0.00225. The molecule has 1 aliphatic rings. The number of nitrogens with zero attached hydrogens (tertiary/aromatic N) is 3. The van der Waals surface area contributed by atoms with Crippen LogP contribution in [0.1, 0.15) is 12.8 Å². The lowest BCUT2D eigenvalue weighted by Crippen LogP contribution is -2.43. The Morgan fingerprint density at radius 1 is 1.00 bits per heavy atom. The first-order valence-corrected chi connectivity index (χ1v) is 9.11. The molecule has 27 heavy (non-hydrogen) atoms. The number of benzene rings is 2. The first-order valence-electron chi connectivity index (χ1n) is 9.11. The van der Waals surface area contributed by atoms with E-state index in [4.69, 9.17) is 9.47 Å². The smallest absolute Gasteiger partial charge is 0.316 e. The molecule has 0 N–H and O–H groups in total. The van der Waals surface area contributed by atoms with Crippen LogP contribution in [-0.4, -0.2) is 46.6 Å². The van der Waals surface area contributed by atoms with Crippen LogP contribution in [0.2, 0.25) is 0 Å². The molecular weight excluding hydrogens is 342 g/mol. The number of fused-ring (bicyclic) bond motifs is 1. The quantitative estimate of drug-likeness (QED) is 0.697. The van der Waals surface area contributed by atoms with Gasteiger partial charge in [-0.15, -0.1) is 0 Å². The van der Waals surface area contributed by atoms with Crippen molar-refractivity contribution in [1.82, 2.24) is 14.9 Å². The van der Waals surface area contributed by atoms with Gasteiger partial charge in [0.05, 0.1) is 0 Å². The molecule has 0 atom stereocenters. The molecule has 0 aliphatic carbocycles. The molecule has 3 aromatic rings. The van der Waals surface area contributed by atoms with Crippen molar-refractivity contribution in [2.24, 2.45) is 0 Å². The molecule has 6 heteroatoms. The minimum Gasteiger partial charge on any atom is -0.484 e. The molecule has 6 nitrogen and oxygen atoms in total. The largest absolute Gasteiger partial charge is 0.484 e. The number of amides is 1. The summed E-state index contributed by atoms with van der Waals surface area (Å²) in [5.74, 6) is 0.707. The zero-order valence-corrected chi connectivity index (χ0v) is 15.0. The van der Waals surface area contributed by atoms with Crippen molar-refractivity contribution in [1.29, 1.82) is 0 Å². The highest BCUT2D eigenvalue weighted by Gasteiger charge is 2.24. The van der Waals surface area contributed by atoms with Gasteiger partial charge in [-0.05, 0) is 29.0 Å². The normalized spacial score (nSPS) is 14.9. The van der Waals surface area contributed by atoms with Gasteiger partial charge in [0.1, 0.15) is 11.9 Å². The van der Waals surface area contributed by atoms with Gasteiger partial charge in [0.15, 0.2) is 6.61 Å². The zero-order valence-electron chi connectivity index (χ0n) is 15.0. The van der Waals surface area contributed by atoms with Crippen LogP contribution >= 0.6 is 0 Å². The summed E-state index contributed by atoms with van der Waals surface area (Å²) in [4.78, 5) is 22.4. The van der Waals surface area contributed by atoms with Crippen molar-refractivity contribution < 1.29 is 14.3 Å². The maximum atomic E-state index is 12.4. The van der Waals surface area contributed by atoms with Gasteiger partial charge in [0.25, 0.3) is 5.91 Å². The Labute approximate surface area is 157 Å². The molecule has 1 fully saturated rings. The average molecular weight is 363 g/mol. The van der Waals surface area contributed by atoms with E-state index in [1.54, 1.807) is 18.5 Å². The Morgan fingerprint density at radius 3 is 2.52 bits per heavy atom. The molecule has 138 valence electrons. The van der Waals surface area contributed by atoms with Crippen molar-refractivity contribution in [3.63, 3.8) is 0 Å². The van der Waals surface area contributed by atoms with E-state index in [-0.39, 0.29) is 18.6 Å². The molecule has 0 bridgehead atoms. The number of likely N-dealkylation sites (tertiary alicyclic amines) is 1. The number of hydrogen-bond donors (Lipinski definition) is 0. The second kappa shape index (κ2) is 8.03. The van der Waals surface area contributed by atoms with Gasteiger partial charge in [0, 0.05) is 38.3 Å². The molecule has 0 unspecified atom stereocenters. The predicted octanol–water partition coefficient (Wildman–Crippen LogP) is 3.08. The summed E-state index contributed by atoms with van der Waals surface area (Å²) in [5.41, 5.74) is 0. The molecule has 1 aromatic heterocycles. The summed E-state index contributed by atoms with van der Waals surface area (Å²) in [6, 6.07) is 16.1. The van der Waals surface area contributed by atoms with E-state index < -0.39 is 0 Å². The van der Waals surface area contributed by atoms with Crippen molar-refractivity contribution in [2.75, 3.05) is 19.7 Å². The maximum absolute atomic E-state index is 12.4. The lowest BCUT2D eigenvalue weighted by atomic mass is 10.1. The van der Waals surface area contributed by atoms with E-state index in [1.807, 2.05) is 41.3 Å². The fourth-order valence-electron chi connectivity index (χ4n) is 3.21. The highest BCUT2D eigenvalue weighted by atomic mass is 16.5. The SMILES string of the molecule is O=C(COc1ccc2ccccc2c1)N1CCC(Oc2ncccn2)CC1. The molecular formula is C21H21N3O3. The van der Waals surface area contributed by atoms with Crippen molar-refractivity contribution >= 4 is 16.7 Å². The van der Waals surface area contributed by atoms with Crippen LogP contribution in [0.4, 0.5) is 0 Å². The standard InChI is InChI=1S/C21H21N3O3/c25-20(15-26-19-7-6-16-4-1-2-5-17(16)14-19)24-12-8-18(9-13-24)27-21-22-10-3-11-23-21/h1-7,10-11,14,18H,8-9,12-13,15H2. The maximum Gasteiger partial charge on any atom is 0.316 e. The molecule has 1 saturated heterocycles. The van der Waals surface area contributed by atoms with Gasteiger partial charge in [-0.25, -0.2) is 9.97 Å². The highest BCUT2D eigenvalue weighted by molar-refractivity contribution is 5.84. The predicted molar refractivity (Wildman–Crippen MR) is 102 cm³/mol. The molecule has 4 rings (SSSR count). The Morgan fingerprint density at radius 2 is 1.74 bits per heavy atom. The van der Waals surface area contributed by atoms with E-state index in [9.17, 15) is 4.79 Å². The van der Waals surface area contributed by atoms with Crippen LogP contribution in [0.25, 0.3) is 10.8 Å². The van der Waals surface area contributed by atoms with Crippen LogP contribution in [0.15, 0.2) is 60.9 Å². The van der Waals surface area contributed by atoms with E-state index >= 15 is 0 Å². The second-order valence-corrected chi connectivity index (χ2v) is 6.53. The fraction of sp³-hybridized carbons (Fsp3) is 0.286. The van der Waals surface area contributed by atoms with Crippen LogP contribution < -0.4 is 9.47 Å². The Hall–Kier alpha value is -3.15. The Bertz CT molecular complexity index is 909. The third-order valence-electron chi connectivity index (χ3n) is 4.69. The summed E-state index contributed by atoms with van der Waals surface area (Å²) in [7, 11) is 0. The lowest BCUT2D eigenvalue weighted by Gasteiger charge is -2.31. The van der Waals surface area contributed by atoms with Gasteiger partial charge < -0.3 is 14.4 Å². The van der Waals surface area contributed by atoms with Crippen molar-refractivity contribution in [2.45, 2.75) is 18.9 Å². The Balaban J connectivity index is 1.26. The molecule has 0 spiro atoms. The number of hydrogen-bond acceptors (Lipinski definition) is 5. The van der Waals surface area contributed by atoms with E-state index in [0.717, 1.165) is 23.6 Å². The van der Waals surface area contributed by atoms with Crippen LogP contribution in [-0.2, 0) is 4.79 Å². The van der Waals surface area contributed by atoms with Gasteiger partial charge in [-0.1, -0.05) is 30.3 Å². The van der Waals surface area contributed by atoms with Gasteiger partial charge >= 0.3 is 6.01 Å². The van der Waals surface area contributed by atoms with Gasteiger partial charge in [-0.3, -0.25) is 4.79 Å². The number of carbonyl (C=O) groups excluding carboxylic acids is 1. The summed E-state index contributed by atoms with van der Waals surface area (Å²) in [6.07, 6.45) is 4.88. The summed E-state index contributed by atoms with van der Waals surface area (Å²) in [5, 5.41) is 2.25. The first kappa shape index (κ1) is 17.3. The number of aromatic nitrogens is 2. The van der Waals surface area contributed by atoms with E-state index in [0.29, 0.717) is 24.8 Å². The van der Waals surface area contributed by atoms with Crippen LogP contribution in [0.3, 0.4) is 0 Å². The average Bonchev–Trinajstić information content (AvgIpc) is 2.73. The van der Waals surface area contributed by atoms with Crippen LogP contribution in [0.5, 0.6) is 11.8 Å². The number of rotatable bonds is 5. The van der Waals surface area contributed by atoms with Crippen LogP contribution in [0, 0.1) is 0 Å². The number of ether oxygens (including phenoxy) is 2. The molecule has 2 aromatic carbocycles. The minimum atomic E-state index is -0.00225. The summed E-state index contributed by atoms with van der Waals surface area (Å²) >= 11 is 0. The highest BCUT2D eigenvalue weighted by Crippen LogP contribution is 2.21. The second-order valence-electron chi connectivity index (χ2n) is 6.53. The number of piperidine rings is 1. The molecule has 1 amide bonds. The van der Waals surface area contributed by atoms with Gasteiger partial charge in [0.2, 0.25) is 0 Å². The Kier molecular flexibility index (Phi) is 5.14. The van der Waals surface area contributed by atoms with Crippen molar-refractivity contribution in [3.05, 3.63) is 60.9 Å². The third kappa shape index (κ3) is 4.34. The number of carbonyl (C=O) groups is 1. The monoisotopic (exact) mass is 363 g/mol. The molecule has 0 radical (unpaired) electrons. The van der Waals surface area contributed by atoms with E-state index in [2.05, 4.69) is 16.0 Å². The van der Waals surface area contributed by atoms with E-state index in [1.165, 1.54) is 0 Å². The lowest BCUT2D eigenvalue weighted by molar-refractivity contribution is -0.135. The van der Waals surface area contributed by atoms with Crippen molar-refractivity contribution in [3.8, 4) is 11.8 Å². The fourth-order valence-corrected chi connectivity index (χ4v) is 3.21. The topological polar surface area (TPSA) is 64.5 Å². The zero-order chi connectivity index (χ0) is 18.5. The third-order valence-corrected chi connectivity index (χ3v) is 4.69. The van der Waals surface area contributed by atoms with Gasteiger partial charge in [-0.2, -0.15) is 0 Å². The summed E-state index contributed by atoms with van der Waals surface area (Å²) in [6.45, 7) is 1.35. The first-order chi connectivity index (χ1) is 13.3. The molecule has 1 aliphatic heterocycles. The summed E-state index contributed by atoms with van der Waals surface area (Å²) < 4.78 is 11.5. The molecule has 0 saturated carbocycles.